The highest BCUT2D eigenvalue weighted by molar-refractivity contribution is 7.89. The molecule has 1 N–H and O–H groups in total. The van der Waals surface area contributed by atoms with Crippen molar-refractivity contribution in [2.75, 3.05) is 32.8 Å². The summed E-state index contributed by atoms with van der Waals surface area (Å²) in [7, 11) is -3.75. The number of ether oxygens (including phenoxy) is 1. The zero-order valence-electron chi connectivity index (χ0n) is 21.9. The van der Waals surface area contributed by atoms with Crippen molar-refractivity contribution in [2.45, 2.75) is 51.6 Å². The fourth-order valence-corrected chi connectivity index (χ4v) is 6.82. The molecule has 4 aromatic rings. The number of rotatable bonds is 8. The molecular formula is C25H32ClN7O4S. The van der Waals surface area contributed by atoms with Gasteiger partial charge in [-0.15, -0.1) is 10.2 Å². The first-order chi connectivity index (χ1) is 18.2. The quantitative estimate of drug-likeness (QED) is 0.351. The van der Waals surface area contributed by atoms with Crippen LogP contribution in [0.15, 0.2) is 34.2 Å². The zero-order valence-corrected chi connectivity index (χ0v) is 23.5. The fourth-order valence-electron chi connectivity index (χ4n) is 5.03. The van der Waals surface area contributed by atoms with Crippen LogP contribution < -0.4 is 10.4 Å². The summed E-state index contributed by atoms with van der Waals surface area (Å²) in [5, 5.41) is 8.32. The Labute approximate surface area is 226 Å². The molecule has 4 heterocycles. The van der Waals surface area contributed by atoms with Crippen LogP contribution in [0.3, 0.4) is 0 Å². The zero-order chi connectivity index (χ0) is 27.2. The van der Waals surface area contributed by atoms with E-state index in [0.29, 0.717) is 85.5 Å². The van der Waals surface area contributed by atoms with Crippen molar-refractivity contribution in [3.05, 3.63) is 40.0 Å². The number of halogens is 1. The van der Waals surface area contributed by atoms with Gasteiger partial charge in [0.15, 0.2) is 5.65 Å². The summed E-state index contributed by atoms with van der Waals surface area (Å²) in [5.74, 6) is 0.478. The lowest BCUT2D eigenvalue weighted by atomic mass is 10.1. The summed E-state index contributed by atoms with van der Waals surface area (Å²) in [6.07, 6.45) is 2.08. The molecule has 0 spiro atoms. The van der Waals surface area contributed by atoms with Crippen LogP contribution in [0.4, 0.5) is 0 Å². The van der Waals surface area contributed by atoms with Gasteiger partial charge in [0.25, 0.3) is 0 Å². The highest BCUT2D eigenvalue weighted by Gasteiger charge is 2.31. The summed E-state index contributed by atoms with van der Waals surface area (Å²) in [5.41, 5.74) is 2.02. The van der Waals surface area contributed by atoms with E-state index in [9.17, 15) is 13.2 Å². The lowest BCUT2D eigenvalue weighted by Crippen LogP contribution is -2.50. The Balaban J connectivity index is 1.66. The predicted molar refractivity (Wildman–Crippen MR) is 146 cm³/mol. The molecule has 1 aliphatic heterocycles. The third-order valence-corrected chi connectivity index (χ3v) is 9.26. The topological polar surface area (TPSA) is 118 Å². The van der Waals surface area contributed by atoms with Gasteiger partial charge in [-0.05, 0) is 45.4 Å². The number of piperazine rings is 1. The number of aromatic amines is 1. The number of aromatic nitrogens is 5. The maximum atomic E-state index is 13.7. The minimum Gasteiger partial charge on any atom is -0.493 e. The lowest BCUT2D eigenvalue weighted by Gasteiger charge is -2.36. The average molecular weight is 562 g/mol. The second kappa shape index (κ2) is 10.3. The molecule has 5 rings (SSSR count). The number of hydrogen-bond donors (Lipinski definition) is 1. The first kappa shape index (κ1) is 26.7. The van der Waals surface area contributed by atoms with Crippen molar-refractivity contribution in [1.82, 2.24) is 33.4 Å². The third kappa shape index (κ3) is 4.39. The van der Waals surface area contributed by atoms with Gasteiger partial charge in [-0.2, -0.15) is 4.31 Å². The molecule has 0 radical (unpaired) electrons. The Kier molecular flexibility index (Phi) is 7.25. The minimum atomic E-state index is -3.75. The second-order valence-corrected chi connectivity index (χ2v) is 11.9. The van der Waals surface area contributed by atoms with E-state index in [2.05, 4.69) is 33.9 Å². The Hall–Kier alpha value is -2.93. The molecule has 0 aliphatic carbocycles. The van der Waals surface area contributed by atoms with Gasteiger partial charge in [0, 0.05) is 44.3 Å². The van der Waals surface area contributed by atoms with Crippen molar-refractivity contribution in [3.8, 4) is 17.0 Å². The molecule has 0 saturated carbocycles. The molecule has 38 heavy (non-hydrogen) atoms. The molecule has 11 nitrogen and oxygen atoms in total. The van der Waals surface area contributed by atoms with Crippen LogP contribution in [0, 0.1) is 0 Å². The van der Waals surface area contributed by atoms with Crippen molar-refractivity contribution >= 4 is 38.3 Å². The molecule has 0 unspecified atom stereocenters. The van der Waals surface area contributed by atoms with Gasteiger partial charge in [0.2, 0.25) is 10.0 Å². The first-order valence-corrected chi connectivity index (χ1v) is 14.7. The van der Waals surface area contributed by atoms with E-state index in [4.69, 9.17) is 16.3 Å². The van der Waals surface area contributed by atoms with Crippen LogP contribution in [0.1, 0.15) is 34.1 Å². The normalized spacial score (nSPS) is 15.7. The van der Waals surface area contributed by atoms with Gasteiger partial charge >= 0.3 is 5.69 Å². The number of aryl methyl sites for hydroxylation is 1. The van der Waals surface area contributed by atoms with E-state index >= 15 is 0 Å². The fraction of sp³-hybridized carbons (Fsp3) is 0.480. The summed E-state index contributed by atoms with van der Waals surface area (Å²) in [4.78, 5) is 18.9. The van der Waals surface area contributed by atoms with Gasteiger partial charge in [-0.3, -0.25) is 9.47 Å². The summed E-state index contributed by atoms with van der Waals surface area (Å²) >= 11 is 6.94. The van der Waals surface area contributed by atoms with Crippen molar-refractivity contribution < 1.29 is 13.2 Å². The van der Waals surface area contributed by atoms with Crippen LogP contribution >= 0.6 is 11.6 Å². The van der Waals surface area contributed by atoms with Crippen LogP contribution in [-0.4, -0.2) is 80.6 Å². The van der Waals surface area contributed by atoms with Gasteiger partial charge in [0.1, 0.15) is 17.6 Å². The molecule has 1 saturated heterocycles. The highest BCUT2D eigenvalue weighted by atomic mass is 35.5. The molecule has 1 aliphatic rings. The molecule has 204 valence electrons. The average Bonchev–Trinajstić information content (AvgIpc) is 3.52. The molecular weight excluding hydrogens is 530 g/mol. The van der Waals surface area contributed by atoms with E-state index in [-0.39, 0.29) is 15.6 Å². The Morgan fingerprint density at radius 1 is 1.16 bits per heavy atom. The minimum absolute atomic E-state index is 0.155. The first-order valence-electron chi connectivity index (χ1n) is 12.8. The Morgan fingerprint density at radius 2 is 1.89 bits per heavy atom. The van der Waals surface area contributed by atoms with Gasteiger partial charge in [-0.1, -0.05) is 18.5 Å². The summed E-state index contributed by atoms with van der Waals surface area (Å²) < 4.78 is 37.7. The summed E-state index contributed by atoms with van der Waals surface area (Å²) in [6, 6.07) is 5.18. The number of nitrogens with one attached hydrogen (secondary N) is 1. The van der Waals surface area contributed by atoms with Crippen LogP contribution in [-0.2, 0) is 16.6 Å². The van der Waals surface area contributed by atoms with E-state index < -0.39 is 10.0 Å². The number of hydrogen-bond acceptors (Lipinski definition) is 7. The van der Waals surface area contributed by atoms with E-state index in [0.717, 1.165) is 0 Å². The maximum Gasteiger partial charge on any atom is 0.335 e. The summed E-state index contributed by atoms with van der Waals surface area (Å²) in [6.45, 7) is 11.1. The number of fused-ring (bicyclic) bond motifs is 3. The largest absolute Gasteiger partial charge is 0.493 e. The van der Waals surface area contributed by atoms with E-state index in [1.165, 1.54) is 15.0 Å². The van der Waals surface area contributed by atoms with Crippen LogP contribution in [0.2, 0.25) is 5.02 Å². The standard InChI is InChI=1S/C25H32ClN7O4S/c1-5-9-32-23-20(26)21(28-22(23)24-29-27-15-33(24)25(32)34)18-14-17(7-8-19(18)37-6-2)38(35,36)31-12-10-30(11-13-31)16(3)4/h7-8,14-16,28H,5-6,9-13H2,1-4H3. The smallest absolute Gasteiger partial charge is 0.335 e. The number of nitrogens with zero attached hydrogens (tertiary/aromatic N) is 6. The lowest BCUT2D eigenvalue weighted by molar-refractivity contribution is 0.154. The van der Waals surface area contributed by atoms with E-state index in [1.54, 1.807) is 22.8 Å². The second-order valence-electron chi connectivity index (χ2n) is 9.62. The van der Waals surface area contributed by atoms with Gasteiger partial charge < -0.3 is 9.72 Å². The number of H-pyrrole nitrogens is 1. The maximum absolute atomic E-state index is 13.7. The molecule has 0 bridgehead atoms. The Bertz CT molecular complexity index is 1650. The van der Waals surface area contributed by atoms with Crippen LogP contribution in [0.25, 0.3) is 27.9 Å². The van der Waals surface area contributed by atoms with Crippen molar-refractivity contribution in [2.24, 2.45) is 0 Å². The van der Waals surface area contributed by atoms with Crippen LogP contribution in [0.5, 0.6) is 5.75 Å². The molecule has 1 aromatic carbocycles. The molecule has 3 aromatic heterocycles. The number of benzene rings is 1. The number of sulfonamides is 1. The predicted octanol–water partition coefficient (Wildman–Crippen LogP) is 3.22. The van der Waals surface area contributed by atoms with E-state index in [1.807, 2.05) is 13.8 Å². The molecule has 0 atom stereocenters. The monoisotopic (exact) mass is 561 g/mol. The third-order valence-electron chi connectivity index (χ3n) is 7.00. The SMILES string of the molecule is CCCn1c(=O)n2cnnc2c2[nH]c(-c3cc(S(=O)(=O)N4CCN(C(C)C)CC4)ccc3OCC)c(Cl)c21. The van der Waals surface area contributed by atoms with Crippen molar-refractivity contribution in [3.63, 3.8) is 0 Å². The highest BCUT2D eigenvalue weighted by Crippen LogP contribution is 2.40. The van der Waals surface area contributed by atoms with Crippen molar-refractivity contribution in [1.29, 1.82) is 0 Å². The molecule has 0 amide bonds. The Morgan fingerprint density at radius 3 is 2.55 bits per heavy atom. The molecule has 1 fully saturated rings. The van der Waals surface area contributed by atoms with Gasteiger partial charge in [0.05, 0.1) is 27.7 Å². The van der Waals surface area contributed by atoms with Gasteiger partial charge in [-0.25, -0.2) is 17.6 Å². The molecule has 13 heteroatoms.